The minimum Gasteiger partial charge on any atom is -0.246 e. The molecule has 104 valence electrons. The molecule has 0 amide bonds. The van der Waals surface area contributed by atoms with Crippen LogP contribution in [-0.2, 0) is 5.41 Å². The largest absolute Gasteiger partial charge is 0.246 e. The molecule has 19 heavy (non-hydrogen) atoms. The molecular weight excluding hydrogens is 278 g/mol. The quantitative estimate of drug-likeness (QED) is 0.631. The third-order valence-corrected chi connectivity index (χ3v) is 4.74. The minimum atomic E-state index is 0.0530. The van der Waals surface area contributed by atoms with Crippen molar-refractivity contribution in [2.45, 2.75) is 38.1 Å². The molecule has 0 spiro atoms. The molecule has 0 aliphatic rings. The number of alkyl halides is 1. The Balaban J connectivity index is 2.32. The molecule has 0 radical (unpaired) electrons. The summed E-state index contributed by atoms with van der Waals surface area (Å²) >= 11 is 7.60. The highest BCUT2D eigenvalue weighted by Crippen LogP contribution is 2.27. The van der Waals surface area contributed by atoms with Crippen LogP contribution in [0.25, 0.3) is 5.52 Å². The molecule has 5 heteroatoms. The van der Waals surface area contributed by atoms with Crippen molar-refractivity contribution in [2.24, 2.45) is 5.92 Å². The van der Waals surface area contributed by atoms with Crippen molar-refractivity contribution >= 4 is 28.9 Å². The van der Waals surface area contributed by atoms with Gasteiger partial charge in [0.2, 0.25) is 0 Å². The Labute approximate surface area is 123 Å². The van der Waals surface area contributed by atoms with Crippen LogP contribution in [-0.4, -0.2) is 26.2 Å². The third-order valence-electron chi connectivity index (χ3n) is 2.89. The van der Waals surface area contributed by atoms with E-state index in [9.17, 15) is 0 Å². The maximum atomic E-state index is 5.85. The smallest absolute Gasteiger partial charge is 0.122 e. The Morgan fingerprint density at radius 3 is 2.79 bits per heavy atom. The van der Waals surface area contributed by atoms with Gasteiger partial charge in [0, 0.05) is 29.4 Å². The molecule has 0 aromatic carbocycles. The third kappa shape index (κ3) is 3.42. The molecule has 2 heterocycles. The number of fused-ring (bicyclic) bond motifs is 1. The predicted molar refractivity (Wildman–Crippen MR) is 82.3 cm³/mol. The van der Waals surface area contributed by atoms with Gasteiger partial charge < -0.3 is 0 Å². The van der Waals surface area contributed by atoms with Gasteiger partial charge in [-0.15, -0.1) is 23.4 Å². The molecule has 2 aromatic heterocycles. The SMILES string of the molecule is CC(CCl)CSc1nccn2nc(C(C)(C)C)cc12. The fourth-order valence-electron chi connectivity index (χ4n) is 1.64. The second-order valence-corrected chi connectivity index (χ2v) is 7.23. The first kappa shape index (κ1) is 14.7. The molecule has 0 fully saturated rings. The maximum absolute atomic E-state index is 5.85. The highest BCUT2D eigenvalue weighted by Gasteiger charge is 2.19. The van der Waals surface area contributed by atoms with Crippen molar-refractivity contribution in [1.29, 1.82) is 0 Å². The lowest BCUT2D eigenvalue weighted by Gasteiger charge is -2.13. The van der Waals surface area contributed by atoms with Crippen LogP contribution in [0.1, 0.15) is 33.4 Å². The Morgan fingerprint density at radius 2 is 2.16 bits per heavy atom. The van der Waals surface area contributed by atoms with Crippen LogP contribution in [0.4, 0.5) is 0 Å². The van der Waals surface area contributed by atoms with E-state index in [0.717, 1.165) is 22.0 Å². The van der Waals surface area contributed by atoms with Gasteiger partial charge in [-0.05, 0) is 12.0 Å². The summed E-state index contributed by atoms with van der Waals surface area (Å²) in [5.41, 5.74) is 2.23. The van der Waals surface area contributed by atoms with Gasteiger partial charge in [0.15, 0.2) is 0 Å². The van der Waals surface area contributed by atoms with Crippen LogP contribution in [0.2, 0.25) is 0 Å². The van der Waals surface area contributed by atoms with Gasteiger partial charge >= 0.3 is 0 Å². The average molecular weight is 298 g/mol. The van der Waals surface area contributed by atoms with Gasteiger partial charge in [0.1, 0.15) is 5.03 Å². The van der Waals surface area contributed by atoms with Gasteiger partial charge in [-0.2, -0.15) is 5.10 Å². The molecule has 3 nitrogen and oxygen atoms in total. The number of hydrogen-bond acceptors (Lipinski definition) is 3. The van der Waals surface area contributed by atoms with E-state index in [-0.39, 0.29) is 5.41 Å². The molecule has 0 aliphatic heterocycles. The van der Waals surface area contributed by atoms with E-state index in [1.165, 1.54) is 0 Å². The predicted octanol–water partition coefficient (Wildman–Crippen LogP) is 3.99. The van der Waals surface area contributed by atoms with Crippen LogP contribution in [0.3, 0.4) is 0 Å². The summed E-state index contributed by atoms with van der Waals surface area (Å²) in [5.74, 6) is 2.15. The summed E-state index contributed by atoms with van der Waals surface area (Å²) in [7, 11) is 0. The van der Waals surface area contributed by atoms with Gasteiger partial charge in [-0.3, -0.25) is 0 Å². The second-order valence-electron chi connectivity index (χ2n) is 5.91. The second kappa shape index (κ2) is 5.71. The molecule has 0 aliphatic carbocycles. The summed E-state index contributed by atoms with van der Waals surface area (Å²) in [5, 5.41) is 5.66. The molecular formula is C14H20ClN3S. The molecule has 1 unspecified atom stereocenters. The Morgan fingerprint density at radius 1 is 1.42 bits per heavy atom. The molecule has 0 bridgehead atoms. The highest BCUT2D eigenvalue weighted by atomic mass is 35.5. The van der Waals surface area contributed by atoms with E-state index in [4.69, 9.17) is 11.6 Å². The first-order chi connectivity index (χ1) is 8.91. The zero-order valence-corrected chi connectivity index (χ0v) is 13.4. The van der Waals surface area contributed by atoms with E-state index < -0.39 is 0 Å². The number of aromatic nitrogens is 3. The van der Waals surface area contributed by atoms with Crippen LogP contribution >= 0.6 is 23.4 Å². The van der Waals surface area contributed by atoms with Crippen LogP contribution in [0, 0.1) is 5.92 Å². The number of rotatable bonds is 4. The molecule has 2 aromatic rings. The number of hydrogen-bond donors (Lipinski definition) is 0. The fraction of sp³-hybridized carbons (Fsp3) is 0.571. The molecule has 2 rings (SSSR count). The normalized spacial score (nSPS) is 13.9. The standard InChI is InChI=1S/C14H20ClN3S/c1-10(8-15)9-19-13-11-7-12(14(2,3)4)17-18(11)6-5-16-13/h5-7,10H,8-9H2,1-4H3. The average Bonchev–Trinajstić information content (AvgIpc) is 2.80. The van der Waals surface area contributed by atoms with Gasteiger partial charge in [0.25, 0.3) is 0 Å². The number of thioether (sulfide) groups is 1. The van der Waals surface area contributed by atoms with Crippen LogP contribution < -0.4 is 0 Å². The summed E-state index contributed by atoms with van der Waals surface area (Å²) in [6, 6.07) is 2.14. The van der Waals surface area contributed by atoms with Crippen LogP contribution in [0.5, 0.6) is 0 Å². The van der Waals surface area contributed by atoms with Crippen molar-refractivity contribution < 1.29 is 0 Å². The molecule has 0 N–H and O–H groups in total. The van der Waals surface area contributed by atoms with Gasteiger partial charge in [0.05, 0.1) is 11.2 Å². The summed E-state index contributed by atoms with van der Waals surface area (Å²) < 4.78 is 1.92. The Hall–Kier alpha value is -0.740. The van der Waals surface area contributed by atoms with Crippen molar-refractivity contribution in [3.05, 3.63) is 24.2 Å². The lowest BCUT2D eigenvalue weighted by molar-refractivity contribution is 0.562. The van der Waals surface area contributed by atoms with E-state index in [1.807, 2.05) is 10.7 Å². The molecule has 0 saturated heterocycles. The lowest BCUT2D eigenvalue weighted by atomic mass is 9.92. The lowest BCUT2D eigenvalue weighted by Crippen LogP contribution is -2.11. The Kier molecular flexibility index (Phi) is 4.41. The Bertz CT molecular complexity index is 559. The summed E-state index contributed by atoms with van der Waals surface area (Å²) in [4.78, 5) is 4.47. The van der Waals surface area contributed by atoms with E-state index in [0.29, 0.717) is 11.8 Å². The first-order valence-electron chi connectivity index (χ1n) is 6.45. The highest BCUT2D eigenvalue weighted by molar-refractivity contribution is 7.99. The van der Waals surface area contributed by atoms with Crippen molar-refractivity contribution in [1.82, 2.24) is 14.6 Å². The number of halogens is 1. The van der Waals surface area contributed by atoms with Gasteiger partial charge in [-0.25, -0.2) is 9.50 Å². The fourth-order valence-corrected chi connectivity index (χ4v) is 2.88. The summed E-state index contributed by atoms with van der Waals surface area (Å²) in [6.45, 7) is 8.66. The topological polar surface area (TPSA) is 30.2 Å². The molecule has 0 saturated carbocycles. The minimum absolute atomic E-state index is 0.0530. The van der Waals surface area contributed by atoms with E-state index in [2.05, 4.69) is 43.8 Å². The van der Waals surface area contributed by atoms with Crippen molar-refractivity contribution in [2.75, 3.05) is 11.6 Å². The zero-order valence-electron chi connectivity index (χ0n) is 11.9. The van der Waals surface area contributed by atoms with Crippen molar-refractivity contribution in [3.8, 4) is 0 Å². The molecule has 1 atom stereocenters. The van der Waals surface area contributed by atoms with E-state index in [1.54, 1.807) is 18.0 Å². The van der Waals surface area contributed by atoms with Crippen LogP contribution in [0.15, 0.2) is 23.5 Å². The monoisotopic (exact) mass is 297 g/mol. The summed E-state index contributed by atoms with van der Waals surface area (Å²) in [6.07, 6.45) is 3.71. The zero-order chi connectivity index (χ0) is 14.0. The maximum Gasteiger partial charge on any atom is 0.122 e. The van der Waals surface area contributed by atoms with E-state index >= 15 is 0 Å². The first-order valence-corrected chi connectivity index (χ1v) is 7.97. The van der Waals surface area contributed by atoms with Crippen molar-refractivity contribution in [3.63, 3.8) is 0 Å². The van der Waals surface area contributed by atoms with Gasteiger partial charge in [-0.1, -0.05) is 27.7 Å². The number of nitrogens with zero attached hydrogens (tertiary/aromatic N) is 3.